The first-order chi connectivity index (χ1) is 8.70. The summed E-state index contributed by atoms with van der Waals surface area (Å²) in [6.07, 6.45) is 0.0478. The molecule has 0 amide bonds. The van der Waals surface area contributed by atoms with Crippen LogP contribution in [0.4, 0.5) is 0 Å². The Morgan fingerprint density at radius 3 is 2.39 bits per heavy atom. The number of carboxylic acids is 1. The van der Waals surface area contributed by atoms with Gasteiger partial charge in [0.05, 0.1) is 13.5 Å². The second-order valence-corrected chi connectivity index (χ2v) is 3.97. The van der Waals surface area contributed by atoms with Gasteiger partial charge in [0.2, 0.25) is 0 Å². The van der Waals surface area contributed by atoms with E-state index in [-0.39, 0.29) is 6.42 Å². The second-order valence-electron chi connectivity index (χ2n) is 3.97. The number of rotatable bonds is 4. The highest BCUT2D eigenvalue weighted by Gasteiger charge is 2.05. The molecule has 92 valence electrons. The molecule has 0 aliphatic rings. The lowest BCUT2D eigenvalue weighted by Crippen LogP contribution is -1.99. The summed E-state index contributed by atoms with van der Waals surface area (Å²) < 4.78 is 5.30. The van der Waals surface area contributed by atoms with Crippen LogP contribution < -0.4 is 4.74 Å². The van der Waals surface area contributed by atoms with E-state index < -0.39 is 5.97 Å². The van der Waals surface area contributed by atoms with Crippen molar-refractivity contribution in [2.75, 3.05) is 7.11 Å². The van der Waals surface area contributed by atoms with Gasteiger partial charge in [-0.3, -0.25) is 4.79 Å². The summed E-state index contributed by atoms with van der Waals surface area (Å²) in [6, 6.07) is 15.2. The van der Waals surface area contributed by atoms with Gasteiger partial charge in [0, 0.05) is 5.56 Å². The summed E-state index contributed by atoms with van der Waals surface area (Å²) in [6.45, 7) is 0. The van der Waals surface area contributed by atoms with Gasteiger partial charge in [-0.1, -0.05) is 42.5 Å². The smallest absolute Gasteiger partial charge is 0.307 e. The highest BCUT2D eigenvalue weighted by atomic mass is 16.5. The molecule has 3 nitrogen and oxygen atoms in total. The number of benzene rings is 2. The normalized spacial score (nSPS) is 10.1. The maximum absolute atomic E-state index is 10.6. The number of para-hydroxylation sites is 1. The van der Waals surface area contributed by atoms with E-state index in [0.717, 1.165) is 22.4 Å². The van der Waals surface area contributed by atoms with Crippen molar-refractivity contribution < 1.29 is 14.6 Å². The van der Waals surface area contributed by atoms with Crippen LogP contribution in [0.5, 0.6) is 5.75 Å². The largest absolute Gasteiger partial charge is 0.496 e. The molecule has 18 heavy (non-hydrogen) atoms. The fourth-order valence-electron chi connectivity index (χ4n) is 1.86. The fourth-order valence-corrected chi connectivity index (χ4v) is 1.86. The topological polar surface area (TPSA) is 46.5 Å². The Morgan fingerprint density at radius 1 is 1.11 bits per heavy atom. The van der Waals surface area contributed by atoms with Crippen molar-refractivity contribution >= 4 is 5.97 Å². The number of aliphatic carboxylic acids is 1. The van der Waals surface area contributed by atoms with Crippen molar-refractivity contribution in [2.24, 2.45) is 0 Å². The van der Waals surface area contributed by atoms with E-state index >= 15 is 0 Å². The number of hydrogen-bond acceptors (Lipinski definition) is 2. The Bertz CT molecular complexity index is 544. The van der Waals surface area contributed by atoms with Gasteiger partial charge in [0.1, 0.15) is 5.75 Å². The predicted molar refractivity (Wildman–Crippen MR) is 69.8 cm³/mol. The Labute approximate surface area is 106 Å². The molecule has 0 saturated carbocycles. The Kier molecular flexibility index (Phi) is 3.63. The molecule has 2 rings (SSSR count). The highest BCUT2D eigenvalue weighted by molar-refractivity contribution is 5.73. The number of carbonyl (C=O) groups is 1. The molecule has 0 aromatic heterocycles. The standard InChI is InChI=1S/C15H14O3/c1-18-14-5-3-2-4-13(14)12-8-6-11(7-9-12)10-15(16)17/h2-9H,10H2,1H3,(H,16,17). The van der Waals surface area contributed by atoms with Crippen LogP contribution >= 0.6 is 0 Å². The SMILES string of the molecule is COc1ccccc1-c1ccc(CC(=O)O)cc1. The third-order valence-corrected chi connectivity index (χ3v) is 2.73. The van der Waals surface area contributed by atoms with Crippen LogP contribution in [-0.4, -0.2) is 18.2 Å². The lowest BCUT2D eigenvalue weighted by molar-refractivity contribution is -0.136. The van der Waals surface area contributed by atoms with E-state index in [2.05, 4.69) is 0 Å². The maximum Gasteiger partial charge on any atom is 0.307 e. The molecule has 0 aliphatic heterocycles. The summed E-state index contributed by atoms with van der Waals surface area (Å²) in [5, 5.41) is 8.72. The molecule has 0 heterocycles. The molecule has 3 heteroatoms. The second kappa shape index (κ2) is 5.36. The minimum absolute atomic E-state index is 0.0478. The Hall–Kier alpha value is -2.29. The average Bonchev–Trinajstić information content (AvgIpc) is 2.39. The third kappa shape index (κ3) is 2.69. The predicted octanol–water partition coefficient (Wildman–Crippen LogP) is 2.99. The van der Waals surface area contributed by atoms with Gasteiger partial charge in [-0.15, -0.1) is 0 Å². The van der Waals surface area contributed by atoms with Crippen LogP contribution in [0, 0.1) is 0 Å². The van der Waals surface area contributed by atoms with E-state index in [4.69, 9.17) is 9.84 Å². The molecular weight excluding hydrogens is 228 g/mol. The first-order valence-corrected chi connectivity index (χ1v) is 5.65. The molecule has 0 unspecified atom stereocenters. The van der Waals surface area contributed by atoms with Gasteiger partial charge in [0.25, 0.3) is 0 Å². The number of carboxylic acid groups (broad SMARTS) is 1. The third-order valence-electron chi connectivity index (χ3n) is 2.73. The van der Waals surface area contributed by atoms with Crippen molar-refractivity contribution in [3.8, 4) is 16.9 Å². The Morgan fingerprint density at radius 2 is 1.78 bits per heavy atom. The molecule has 0 bridgehead atoms. The number of ether oxygens (including phenoxy) is 1. The summed E-state index contributed by atoms with van der Waals surface area (Å²) in [5.41, 5.74) is 2.81. The lowest BCUT2D eigenvalue weighted by atomic mass is 10.0. The first-order valence-electron chi connectivity index (χ1n) is 5.65. The van der Waals surface area contributed by atoms with Crippen molar-refractivity contribution in [3.05, 3.63) is 54.1 Å². The highest BCUT2D eigenvalue weighted by Crippen LogP contribution is 2.29. The molecule has 0 spiro atoms. The molecule has 0 aliphatic carbocycles. The van der Waals surface area contributed by atoms with E-state index in [0.29, 0.717) is 0 Å². The van der Waals surface area contributed by atoms with Crippen LogP contribution in [0.15, 0.2) is 48.5 Å². The molecule has 0 atom stereocenters. The fraction of sp³-hybridized carbons (Fsp3) is 0.133. The molecular formula is C15H14O3. The molecule has 0 fully saturated rings. The molecule has 2 aromatic rings. The zero-order valence-corrected chi connectivity index (χ0v) is 10.1. The van der Waals surface area contributed by atoms with Crippen LogP contribution in [0.1, 0.15) is 5.56 Å². The summed E-state index contributed by atoms with van der Waals surface area (Å²) >= 11 is 0. The van der Waals surface area contributed by atoms with Gasteiger partial charge >= 0.3 is 5.97 Å². The first kappa shape index (κ1) is 12.2. The molecule has 2 aromatic carbocycles. The van der Waals surface area contributed by atoms with Crippen molar-refractivity contribution in [1.82, 2.24) is 0 Å². The summed E-state index contributed by atoms with van der Waals surface area (Å²) in [7, 11) is 1.64. The van der Waals surface area contributed by atoms with E-state index in [1.54, 1.807) is 7.11 Å². The lowest BCUT2D eigenvalue weighted by Gasteiger charge is -2.08. The molecule has 0 radical (unpaired) electrons. The molecule has 0 saturated heterocycles. The van der Waals surface area contributed by atoms with Crippen LogP contribution in [0.25, 0.3) is 11.1 Å². The van der Waals surface area contributed by atoms with Crippen LogP contribution in [-0.2, 0) is 11.2 Å². The van der Waals surface area contributed by atoms with E-state index in [9.17, 15) is 4.79 Å². The monoisotopic (exact) mass is 242 g/mol. The van der Waals surface area contributed by atoms with Crippen LogP contribution in [0.2, 0.25) is 0 Å². The van der Waals surface area contributed by atoms with Gasteiger partial charge in [-0.05, 0) is 17.2 Å². The van der Waals surface area contributed by atoms with Crippen molar-refractivity contribution in [3.63, 3.8) is 0 Å². The zero-order valence-electron chi connectivity index (χ0n) is 10.1. The minimum atomic E-state index is -0.819. The van der Waals surface area contributed by atoms with Crippen LogP contribution in [0.3, 0.4) is 0 Å². The summed E-state index contributed by atoms with van der Waals surface area (Å²) in [5.74, 6) is -0.0106. The van der Waals surface area contributed by atoms with E-state index in [1.165, 1.54) is 0 Å². The number of hydrogen-bond donors (Lipinski definition) is 1. The van der Waals surface area contributed by atoms with Gasteiger partial charge in [-0.25, -0.2) is 0 Å². The summed E-state index contributed by atoms with van der Waals surface area (Å²) in [4.78, 5) is 10.6. The van der Waals surface area contributed by atoms with Gasteiger partial charge in [-0.2, -0.15) is 0 Å². The minimum Gasteiger partial charge on any atom is -0.496 e. The van der Waals surface area contributed by atoms with Crippen molar-refractivity contribution in [2.45, 2.75) is 6.42 Å². The van der Waals surface area contributed by atoms with Crippen molar-refractivity contribution in [1.29, 1.82) is 0 Å². The maximum atomic E-state index is 10.6. The van der Waals surface area contributed by atoms with Gasteiger partial charge < -0.3 is 9.84 Å². The average molecular weight is 242 g/mol. The zero-order chi connectivity index (χ0) is 13.0. The van der Waals surface area contributed by atoms with Gasteiger partial charge in [0.15, 0.2) is 0 Å². The quantitative estimate of drug-likeness (QED) is 0.896. The Balaban J connectivity index is 2.31. The number of methoxy groups -OCH3 is 1. The van der Waals surface area contributed by atoms with E-state index in [1.807, 2.05) is 48.5 Å². The molecule has 1 N–H and O–H groups in total.